The van der Waals surface area contributed by atoms with Crippen molar-refractivity contribution >= 4 is 12.1 Å². The highest BCUT2D eigenvalue weighted by Crippen LogP contribution is 2.02. The van der Waals surface area contributed by atoms with Crippen LogP contribution < -0.4 is 5.73 Å². The molecule has 6 nitrogen and oxygen atoms in total. The minimum absolute atomic E-state index is 0.00810. The van der Waals surface area contributed by atoms with Crippen LogP contribution >= 0.6 is 0 Å². The average Bonchev–Trinajstić information content (AvgIpc) is 2.36. The van der Waals surface area contributed by atoms with Gasteiger partial charge < -0.3 is 20.5 Å². The standard InChI is InChI=1S/C6H10N2O4/c7-4(5(9)10)3-8-1-2-12-6(8)11/h4H,1-3,7H2,(H,9,10). The number of ether oxygens (including phenoxy) is 1. The fourth-order valence-corrected chi connectivity index (χ4v) is 0.907. The van der Waals surface area contributed by atoms with Crippen LogP contribution in [0.3, 0.4) is 0 Å². The minimum atomic E-state index is -1.12. The quantitative estimate of drug-likeness (QED) is 0.563. The Kier molecular flexibility index (Phi) is 2.49. The maximum Gasteiger partial charge on any atom is 0.410 e. The third-order valence-electron chi connectivity index (χ3n) is 1.58. The highest BCUT2D eigenvalue weighted by molar-refractivity contribution is 5.75. The van der Waals surface area contributed by atoms with Crippen LogP contribution in [0, 0.1) is 0 Å². The van der Waals surface area contributed by atoms with Crippen LogP contribution in [0.1, 0.15) is 0 Å². The van der Waals surface area contributed by atoms with Crippen molar-refractivity contribution in [1.82, 2.24) is 4.90 Å². The Bertz CT molecular complexity index is 206. The van der Waals surface area contributed by atoms with Gasteiger partial charge >= 0.3 is 12.1 Å². The van der Waals surface area contributed by atoms with E-state index in [4.69, 9.17) is 10.8 Å². The fourth-order valence-electron chi connectivity index (χ4n) is 0.907. The summed E-state index contributed by atoms with van der Waals surface area (Å²) in [6.07, 6.45) is -0.494. The highest BCUT2D eigenvalue weighted by Gasteiger charge is 2.25. The van der Waals surface area contributed by atoms with E-state index >= 15 is 0 Å². The first kappa shape index (κ1) is 8.79. The molecule has 1 aliphatic heterocycles. The van der Waals surface area contributed by atoms with Crippen molar-refractivity contribution in [2.24, 2.45) is 5.73 Å². The second-order valence-corrected chi connectivity index (χ2v) is 2.51. The Morgan fingerprint density at radius 1 is 1.83 bits per heavy atom. The first-order valence-corrected chi connectivity index (χ1v) is 3.51. The van der Waals surface area contributed by atoms with E-state index in [1.807, 2.05) is 0 Å². The lowest BCUT2D eigenvalue weighted by molar-refractivity contribution is -0.138. The van der Waals surface area contributed by atoms with Gasteiger partial charge in [0.2, 0.25) is 0 Å². The largest absolute Gasteiger partial charge is 0.480 e. The number of hydrogen-bond acceptors (Lipinski definition) is 4. The van der Waals surface area contributed by atoms with Gasteiger partial charge in [-0.2, -0.15) is 0 Å². The van der Waals surface area contributed by atoms with E-state index in [9.17, 15) is 9.59 Å². The van der Waals surface area contributed by atoms with E-state index < -0.39 is 18.1 Å². The summed E-state index contributed by atoms with van der Waals surface area (Å²) in [5.41, 5.74) is 5.21. The maximum absolute atomic E-state index is 10.8. The number of carboxylic acid groups (broad SMARTS) is 1. The van der Waals surface area contributed by atoms with E-state index in [-0.39, 0.29) is 6.54 Å². The summed E-state index contributed by atoms with van der Waals surface area (Å²) in [5.74, 6) is -1.12. The second-order valence-electron chi connectivity index (χ2n) is 2.51. The lowest BCUT2D eigenvalue weighted by Gasteiger charge is -2.14. The van der Waals surface area contributed by atoms with Gasteiger partial charge in [0.15, 0.2) is 0 Å². The number of cyclic esters (lactones) is 1. The molecule has 6 heteroatoms. The summed E-state index contributed by atoms with van der Waals surface area (Å²) in [4.78, 5) is 22.4. The summed E-state index contributed by atoms with van der Waals surface area (Å²) < 4.78 is 4.58. The molecule has 68 valence electrons. The molecule has 1 amide bonds. The van der Waals surface area contributed by atoms with Crippen molar-refractivity contribution in [1.29, 1.82) is 0 Å². The number of carbonyl (C=O) groups excluding carboxylic acids is 1. The third-order valence-corrected chi connectivity index (χ3v) is 1.58. The van der Waals surface area contributed by atoms with E-state index in [1.165, 1.54) is 4.90 Å². The van der Waals surface area contributed by atoms with Gasteiger partial charge in [-0.05, 0) is 0 Å². The first-order chi connectivity index (χ1) is 5.61. The van der Waals surface area contributed by atoms with E-state index in [0.29, 0.717) is 13.2 Å². The number of carbonyl (C=O) groups is 2. The number of amides is 1. The Balaban J connectivity index is 2.40. The van der Waals surface area contributed by atoms with Crippen LogP contribution in [-0.4, -0.2) is 47.8 Å². The molecule has 1 unspecified atom stereocenters. The van der Waals surface area contributed by atoms with Crippen LogP contribution in [0.25, 0.3) is 0 Å². The molecule has 1 atom stereocenters. The molecule has 0 aliphatic carbocycles. The number of nitrogens with zero attached hydrogens (tertiary/aromatic N) is 1. The summed E-state index contributed by atoms with van der Waals surface area (Å²) in [6, 6.07) is -1.03. The molecule has 1 aliphatic rings. The molecule has 0 bridgehead atoms. The number of carboxylic acids is 1. The number of rotatable bonds is 3. The van der Waals surface area contributed by atoms with Gasteiger partial charge in [-0.25, -0.2) is 4.79 Å². The molecule has 0 aromatic heterocycles. The topological polar surface area (TPSA) is 92.9 Å². The third kappa shape index (κ3) is 1.85. The van der Waals surface area contributed by atoms with Crippen molar-refractivity contribution in [3.63, 3.8) is 0 Å². The van der Waals surface area contributed by atoms with Gasteiger partial charge in [-0.15, -0.1) is 0 Å². The van der Waals surface area contributed by atoms with Crippen LogP contribution in [0.5, 0.6) is 0 Å². The molecule has 0 radical (unpaired) electrons. The smallest absolute Gasteiger partial charge is 0.410 e. The minimum Gasteiger partial charge on any atom is -0.480 e. The average molecular weight is 174 g/mol. The Morgan fingerprint density at radius 3 is 2.92 bits per heavy atom. The molecule has 0 spiro atoms. The lowest BCUT2D eigenvalue weighted by atomic mass is 10.3. The van der Waals surface area contributed by atoms with Crippen molar-refractivity contribution in [3.8, 4) is 0 Å². The summed E-state index contributed by atoms with van der Waals surface area (Å²) in [6.45, 7) is 0.735. The number of nitrogens with two attached hydrogens (primary N) is 1. The van der Waals surface area contributed by atoms with Gasteiger partial charge in [-0.1, -0.05) is 0 Å². The van der Waals surface area contributed by atoms with Gasteiger partial charge in [0.25, 0.3) is 0 Å². The first-order valence-electron chi connectivity index (χ1n) is 3.51. The predicted octanol–water partition coefficient (Wildman–Crippen LogP) is -1.15. The molecule has 1 fully saturated rings. The van der Waals surface area contributed by atoms with E-state index in [1.54, 1.807) is 0 Å². The van der Waals surface area contributed by atoms with Crippen molar-refractivity contribution in [2.45, 2.75) is 6.04 Å². The van der Waals surface area contributed by atoms with Gasteiger partial charge in [-0.3, -0.25) is 4.79 Å². The molecule has 0 aromatic carbocycles. The van der Waals surface area contributed by atoms with Gasteiger partial charge in [0.05, 0.1) is 6.54 Å². The van der Waals surface area contributed by atoms with Crippen LogP contribution in [0.15, 0.2) is 0 Å². The molecule has 12 heavy (non-hydrogen) atoms. The molecule has 1 rings (SSSR count). The summed E-state index contributed by atoms with van der Waals surface area (Å²) >= 11 is 0. The molecule has 1 saturated heterocycles. The van der Waals surface area contributed by atoms with E-state index in [2.05, 4.69) is 4.74 Å². The predicted molar refractivity (Wildman–Crippen MR) is 38.5 cm³/mol. The highest BCUT2D eigenvalue weighted by atomic mass is 16.6. The summed E-state index contributed by atoms with van der Waals surface area (Å²) in [5, 5.41) is 8.42. The van der Waals surface area contributed by atoms with Crippen molar-refractivity contribution < 1.29 is 19.4 Å². The Hall–Kier alpha value is -1.30. The Morgan fingerprint density at radius 2 is 2.50 bits per heavy atom. The number of hydrogen-bond donors (Lipinski definition) is 2. The lowest BCUT2D eigenvalue weighted by Crippen LogP contribution is -2.43. The van der Waals surface area contributed by atoms with Crippen LogP contribution in [-0.2, 0) is 9.53 Å². The SMILES string of the molecule is NC(CN1CCOC1=O)C(=O)O. The summed E-state index contributed by atoms with van der Waals surface area (Å²) in [7, 11) is 0. The monoisotopic (exact) mass is 174 g/mol. The number of aliphatic carboxylic acids is 1. The molecule has 3 N–H and O–H groups in total. The second kappa shape index (κ2) is 3.40. The zero-order valence-corrected chi connectivity index (χ0v) is 6.40. The van der Waals surface area contributed by atoms with E-state index in [0.717, 1.165) is 0 Å². The zero-order chi connectivity index (χ0) is 9.14. The van der Waals surface area contributed by atoms with Crippen molar-refractivity contribution in [3.05, 3.63) is 0 Å². The van der Waals surface area contributed by atoms with Gasteiger partial charge in [0.1, 0.15) is 12.6 Å². The molecule has 0 aromatic rings. The normalized spacial score (nSPS) is 19.1. The maximum atomic E-state index is 10.8. The Labute approximate surface area is 68.9 Å². The zero-order valence-electron chi connectivity index (χ0n) is 6.40. The molecule has 0 saturated carbocycles. The molecule has 1 heterocycles. The van der Waals surface area contributed by atoms with Crippen LogP contribution in [0.2, 0.25) is 0 Å². The van der Waals surface area contributed by atoms with Gasteiger partial charge in [0, 0.05) is 6.54 Å². The molecular formula is C6H10N2O4. The molecular weight excluding hydrogens is 164 g/mol. The van der Waals surface area contributed by atoms with Crippen molar-refractivity contribution in [2.75, 3.05) is 19.7 Å². The fraction of sp³-hybridized carbons (Fsp3) is 0.667. The van der Waals surface area contributed by atoms with Crippen LogP contribution in [0.4, 0.5) is 4.79 Å².